The predicted octanol–water partition coefficient (Wildman–Crippen LogP) is 2.93. The molecule has 1 N–H and O–H groups in total. The summed E-state index contributed by atoms with van der Waals surface area (Å²) in [5.41, 5.74) is 0.0256. The van der Waals surface area contributed by atoms with Crippen molar-refractivity contribution in [3.63, 3.8) is 0 Å². The third kappa shape index (κ3) is 4.62. The van der Waals surface area contributed by atoms with Gasteiger partial charge in [0.1, 0.15) is 5.75 Å². The van der Waals surface area contributed by atoms with E-state index in [1.54, 1.807) is 0 Å². The van der Waals surface area contributed by atoms with Gasteiger partial charge in [-0.05, 0) is 35.7 Å². The highest BCUT2D eigenvalue weighted by Gasteiger charge is 2.39. The molecule has 0 aromatic heterocycles. The van der Waals surface area contributed by atoms with Gasteiger partial charge in [-0.2, -0.15) is 11.8 Å². The molecule has 4 rings (SSSR count). The molecule has 5 nitrogen and oxygen atoms in total. The topological polar surface area (TPSA) is 50.8 Å². The van der Waals surface area contributed by atoms with E-state index in [2.05, 4.69) is 16.3 Å². The first-order chi connectivity index (χ1) is 13.8. The summed E-state index contributed by atoms with van der Waals surface area (Å²) in [6, 6.07) is 14.1. The average molecular weight is 401 g/mol. The highest BCUT2D eigenvalue weighted by molar-refractivity contribution is 7.99. The van der Waals surface area contributed by atoms with Crippen LogP contribution in [0, 0.1) is 0 Å². The van der Waals surface area contributed by atoms with Crippen LogP contribution in [-0.4, -0.2) is 67.3 Å². The molecule has 1 amide bonds. The Kier molecular flexibility index (Phi) is 6.40. The Balaban J connectivity index is 1.32. The van der Waals surface area contributed by atoms with Crippen LogP contribution >= 0.6 is 11.8 Å². The number of nitrogens with zero attached hydrogens (tertiary/aromatic N) is 1. The number of hydrogen-bond donors (Lipinski definition) is 1. The smallest absolute Gasteiger partial charge is 0.258 e. The molecule has 0 unspecified atom stereocenters. The predicted molar refractivity (Wildman–Crippen MR) is 114 cm³/mol. The molecule has 6 heteroatoms. The van der Waals surface area contributed by atoms with Crippen LogP contribution in [0.3, 0.4) is 0 Å². The SMILES string of the molecule is O=C(COc1ccc2ccccc2c1)NCC1(N2CCSCC2)CCOCC1. The summed E-state index contributed by atoms with van der Waals surface area (Å²) in [6.45, 7) is 4.43. The summed E-state index contributed by atoms with van der Waals surface area (Å²) >= 11 is 2.01. The molecule has 0 atom stereocenters. The Hall–Kier alpha value is -1.76. The normalized spacial score (nSPS) is 20.0. The zero-order valence-electron chi connectivity index (χ0n) is 16.2. The zero-order valence-corrected chi connectivity index (χ0v) is 17.0. The number of benzene rings is 2. The lowest BCUT2D eigenvalue weighted by Crippen LogP contribution is -2.60. The molecule has 2 saturated heterocycles. The van der Waals surface area contributed by atoms with Gasteiger partial charge < -0.3 is 14.8 Å². The second-order valence-corrected chi connectivity index (χ2v) is 8.74. The van der Waals surface area contributed by atoms with Crippen LogP contribution in [0.1, 0.15) is 12.8 Å². The van der Waals surface area contributed by atoms with Crippen molar-refractivity contribution in [3.05, 3.63) is 42.5 Å². The van der Waals surface area contributed by atoms with E-state index in [-0.39, 0.29) is 18.1 Å². The Labute approximate surface area is 170 Å². The average Bonchev–Trinajstić information content (AvgIpc) is 2.77. The highest BCUT2D eigenvalue weighted by atomic mass is 32.2. The van der Waals surface area contributed by atoms with Crippen molar-refractivity contribution in [2.75, 3.05) is 51.0 Å². The number of ether oxygens (including phenoxy) is 2. The summed E-state index contributed by atoms with van der Waals surface area (Å²) in [5, 5.41) is 5.41. The molecule has 0 bridgehead atoms. The lowest BCUT2D eigenvalue weighted by molar-refractivity contribution is -0.124. The fourth-order valence-electron chi connectivity index (χ4n) is 4.11. The fraction of sp³-hybridized carbons (Fsp3) is 0.500. The molecule has 0 aliphatic carbocycles. The maximum Gasteiger partial charge on any atom is 0.258 e. The van der Waals surface area contributed by atoms with Crippen molar-refractivity contribution in [1.29, 1.82) is 0 Å². The molecule has 28 heavy (non-hydrogen) atoms. The Morgan fingerprint density at radius 3 is 2.64 bits per heavy atom. The Bertz CT molecular complexity index is 801. The van der Waals surface area contributed by atoms with Crippen LogP contribution in [0.25, 0.3) is 10.8 Å². The van der Waals surface area contributed by atoms with Crippen molar-refractivity contribution in [2.24, 2.45) is 0 Å². The number of rotatable bonds is 6. The monoisotopic (exact) mass is 400 g/mol. The Morgan fingerprint density at radius 1 is 1.11 bits per heavy atom. The van der Waals surface area contributed by atoms with Gasteiger partial charge in [-0.1, -0.05) is 30.3 Å². The largest absolute Gasteiger partial charge is 0.484 e. The summed E-state index contributed by atoms with van der Waals surface area (Å²) < 4.78 is 11.3. The van der Waals surface area contributed by atoms with Gasteiger partial charge in [0.25, 0.3) is 5.91 Å². The minimum Gasteiger partial charge on any atom is -0.484 e. The maximum atomic E-state index is 12.5. The van der Waals surface area contributed by atoms with E-state index in [4.69, 9.17) is 9.47 Å². The molecule has 2 aromatic rings. The molecular weight excluding hydrogens is 372 g/mol. The molecule has 2 aliphatic rings. The summed E-state index contributed by atoms with van der Waals surface area (Å²) in [4.78, 5) is 15.0. The lowest BCUT2D eigenvalue weighted by atomic mass is 9.87. The number of fused-ring (bicyclic) bond motifs is 1. The van der Waals surface area contributed by atoms with Gasteiger partial charge in [0, 0.05) is 49.9 Å². The Morgan fingerprint density at radius 2 is 1.86 bits per heavy atom. The lowest BCUT2D eigenvalue weighted by Gasteiger charge is -2.48. The van der Waals surface area contributed by atoms with E-state index < -0.39 is 0 Å². The van der Waals surface area contributed by atoms with Crippen molar-refractivity contribution < 1.29 is 14.3 Å². The van der Waals surface area contributed by atoms with Gasteiger partial charge in [-0.25, -0.2) is 0 Å². The second-order valence-electron chi connectivity index (χ2n) is 7.51. The molecule has 0 radical (unpaired) electrons. The van der Waals surface area contributed by atoms with Gasteiger partial charge >= 0.3 is 0 Å². The molecule has 2 fully saturated rings. The van der Waals surface area contributed by atoms with E-state index in [9.17, 15) is 4.79 Å². The molecule has 2 aromatic carbocycles. The minimum absolute atomic E-state index is 0.0256. The van der Waals surface area contributed by atoms with Crippen LogP contribution in [0.2, 0.25) is 0 Å². The molecule has 2 heterocycles. The summed E-state index contributed by atoms with van der Waals surface area (Å²) in [6.07, 6.45) is 1.95. The van der Waals surface area contributed by atoms with Crippen LogP contribution in [0.15, 0.2) is 42.5 Å². The van der Waals surface area contributed by atoms with E-state index in [0.717, 1.165) is 50.3 Å². The van der Waals surface area contributed by atoms with Crippen LogP contribution in [0.5, 0.6) is 5.75 Å². The molecule has 0 spiro atoms. The van der Waals surface area contributed by atoms with Crippen LogP contribution in [-0.2, 0) is 9.53 Å². The fourth-order valence-corrected chi connectivity index (χ4v) is 5.02. The first-order valence-electron chi connectivity index (χ1n) is 10.0. The van der Waals surface area contributed by atoms with Crippen LogP contribution < -0.4 is 10.1 Å². The number of amides is 1. The molecule has 0 saturated carbocycles. The van der Waals surface area contributed by atoms with Gasteiger partial charge in [-0.15, -0.1) is 0 Å². The van der Waals surface area contributed by atoms with E-state index in [1.165, 1.54) is 16.9 Å². The third-order valence-electron chi connectivity index (χ3n) is 5.81. The summed E-state index contributed by atoms with van der Waals surface area (Å²) in [7, 11) is 0. The standard InChI is InChI=1S/C22H28N2O3S/c25-21(16-27-20-6-5-18-3-1-2-4-19(18)15-20)23-17-22(7-11-26-12-8-22)24-9-13-28-14-10-24/h1-6,15H,7-14,16-17H2,(H,23,25). The molecular formula is C22H28N2O3S. The second kappa shape index (κ2) is 9.16. The van der Waals surface area contributed by atoms with Crippen molar-refractivity contribution >= 4 is 28.4 Å². The van der Waals surface area contributed by atoms with Gasteiger partial charge in [-0.3, -0.25) is 9.69 Å². The van der Waals surface area contributed by atoms with Gasteiger partial charge in [0.2, 0.25) is 0 Å². The number of hydrogen-bond acceptors (Lipinski definition) is 5. The number of carbonyl (C=O) groups is 1. The number of nitrogens with one attached hydrogen (secondary N) is 1. The van der Waals surface area contributed by atoms with E-state index in [0.29, 0.717) is 6.54 Å². The van der Waals surface area contributed by atoms with Crippen molar-refractivity contribution in [1.82, 2.24) is 10.2 Å². The highest BCUT2D eigenvalue weighted by Crippen LogP contribution is 2.30. The maximum absolute atomic E-state index is 12.5. The van der Waals surface area contributed by atoms with Gasteiger partial charge in [0.15, 0.2) is 6.61 Å². The first-order valence-corrected chi connectivity index (χ1v) is 11.2. The molecule has 150 valence electrons. The number of thioether (sulfide) groups is 1. The van der Waals surface area contributed by atoms with Crippen LogP contribution in [0.4, 0.5) is 0 Å². The van der Waals surface area contributed by atoms with E-state index in [1.807, 2.05) is 48.2 Å². The van der Waals surface area contributed by atoms with Gasteiger partial charge in [0.05, 0.1) is 0 Å². The summed E-state index contributed by atoms with van der Waals surface area (Å²) in [5.74, 6) is 3.00. The third-order valence-corrected chi connectivity index (χ3v) is 6.75. The number of carbonyl (C=O) groups excluding carboxylic acids is 1. The molecule has 2 aliphatic heterocycles. The van der Waals surface area contributed by atoms with Crippen molar-refractivity contribution in [3.8, 4) is 5.75 Å². The minimum atomic E-state index is -0.0644. The van der Waals surface area contributed by atoms with Crippen molar-refractivity contribution in [2.45, 2.75) is 18.4 Å². The quantitative estimate of drug-likeness (QED) is 0.808. The van der Waals surface area contributed by atoms with E-state index >= 15 is 0 Å². The zero-order chi connectivity index (χ0) is 19.2. The first kappa shape index (κ1) is 19.6.